The number of aromatic nitrogens is 5. The first-order chi connectivity index (χ1) is 17.4. The van der Waals surface area contributed by atoms with E-state index in [4.69, 9.17) is 9.84 Å². The number of hydrogen-bond donors (Lipinski definition) is 4. The van der Waals surface area contributed by atoms with E-state index in [2.05, 4.69) is 25.6 Å². The van der Waals surface area contributed by atoms with Gasteiger partial charge in [0.05, 0.1) is 19.3 Å². The lowest BCUT2D eigenvalue weighted by Gasteiger charge is -2.25. The van der Waals surface area contributed by atoms with Crippen LogP contribution >= 0.6 is 11.8 Å². The Morgan fingerprint density at radius 3 is 2.72 bits per heavy atom. The summed E-state index contributed by atoms with van der Waals surface area (Å²) in [4.78, 5) is 9.10. The molecule has 2 aromatic heterocycles. The van der Waals surface area contributed by atoms with Crippen LogP contribution in [0.25, 0.3) is 11.2 Å². The molecule has 0 spiro atoms. The number of benzene rings is 1. The van der Waals surface area contributed by atoms with Gasteiger partial charge in [-0.3, -0.25) is 0 Å². The molecule has 1 aromatic carbocycles. The number of nitrogens with zero attached hydrogens (tertiary/aromatic N) is 5. The van der Waals surface area contributed by atoms with Gasteiger partial charge >= 0.3 is 0 Å². The average molecular weight is 525 g/mol. The molecule has 0 radical (unpaired) electrons. The maximum atomic E-state index is 13.7. The Labute approximate surface area is 211 Å². The molecule has 1 aliphatic rings. The van der Waals surface area contributed by atoms with Crippen LogP contribution in [0.3, 0.4) is 0 Å². The third-order valence-corrected chi connectivity index (χ3v) is 7.04. The largest absolute Gasteiger partial charge is 0.394 e. The maximum Gasteiger partial charge on any atom is 0.191 e. The molecule has 0 amide bonds. The molecule has 1 fully saturated rings. The molecule has 1 saturated carbocycles. The molecule has 2 heterocycles. The van der Waals surface area contributed by atoms with E-state index in [0.29, 0.717) is 34.9 Å². The van der Waals surface area contributed by atoms with Gasteiger partial charge in [-0.15, -0.1) is 5.10 Å². The highest BCUT2D eigenvalue weighted by molar-refractivity contribution is 7.99. The molecule has 196 valence electrons. The molecule has 1 aliphatic carbocycles. The standard InChI is InChI=1S/C23H30F2N6O4S/c1-3-9-36-23-27-20(26-16-11-13(16)12-5-6-14(24)15(25)10-12)18-21(28-23)31(30-29-18)22(34)19(33)17(4-2)35-8-7-32/h5-6,10,13,16-17,19,22,32-34H,3-4,7-9,11H2,1-2H3,(H,26,27,28)/t13-,16+,17-,19+,22+/m0/s1. The third kappa shape index (κ3) is 5.75. The number of aliphatic hydroxyl groups excluding tert-OH is 3. The maximum absolute atomic E-state index is 13.7. The summed E-state index contributed by atoms with van der Waals surface area (Å²) in [6.07, 6.45) is -1.58. The average Bonchev–Trinajstić information content (AvgIpc) is 3.51. The number of thioether (sulfide) groups is 1. The number of halogens is 2. The minimum absolute atomic E-state index is 0.0201. The second-order valence-electron chi connectivity index (χ2n) is 8.62. The molecule has 13 heteroatoms. The van der Waals surface area contributed by atoms with E-state index in [1.165, 1.54) is 17.8 Å². The summed E-state index contributed by atoms with van der Waals surface area (Å²) >= 11 is 1.43. The molecule has 4 N–H and O–H groups in total. The first-order valence-electron chi connectivity index (χ1n) is 11.9. The van der Waals surface area contributed by atoms with Gasteiger partial charge in [-0.2, -0.15) is 4.68 Å². The predicted molar refractivity (Wildman–Crippen MR) is 130 cm³/mol. The molecule has 5 atom stereocenters. The summed E-state index contributed by atoms with van der Waals surface area (Å²) in [7, 11) is 0. The topological polar surface area (TPSA) is 138 Å². The van der Waals surface area contributed by atoms with Crippen molar-refractivity contribution in [3.05, 3.63) is 35.4 Å². The quantitative estimate of drug-likeness (QED) is 0.195. The lowest BCUT2D eigenvalue weighted by atomic mass is 10.1. The van der Waals surface area contributed by atoms with Crippen molar-refractivity contribution in [2.24, 2.45) is 0 Å². The molecule has 0 saturated heterocycles. The van der Waals surface area contributed by atoms with E-state index in [1.54, 1.807) is 13.0 Å². The Morgan fingerprint density at radius 1 is 1.22 bits per heavy atom. The van der Waals surface area contributed by atoms with Crippen molar-refractivity contribution < 1.29 is 28.8 Å². The van der Waals surface area contributed by atoms with Gasteiger partial charge in [-0.1, -0.05) is 36.9 Å². The van der Waals surface area contributed by atoms with Crippen LogP contribution in [0.15, 0.2) is 23.4 Å². The number of fused-ring (bicyclic) bond motifs is 1. The van der Waals surface area contributed by atoms with E-state index in [1.807, 2.05) is 6.92 Å². The van der Waals surface area contributed by atoms with Gasteiger partial charge in [0.1, 0.15) is 6.10 Å². The Hall–Kier alpha value is -2.45. The fourth-order valence-electron chi connectivity index (χ4n) is 3.99. The molecular weight excluding hydrogens is 494 g/mol. The first-order valence-corrected chi connectivity index (χ1v) is 12.9. The van der Waals surface area contributed by atoms with Crippen LogP contribution in [0, 0.1) is 11.6 Å². The van der Waals surface area contributed by atoms with Crippen molar-refractivity contribution in [2.75, 3.05) is 24.3 Å². The van der Waals surface area contributed by atoms with Crippen molar-refractivity contribution in [3.8, 4) is 0 Å². The van der Waals surface area contributed by atoms with Gasteiger partial charge in [-0.25, -0.2) is 18.7 Å². The highest BCUT2D eigenvalue weighted by Crippen LogP contribution is 2.43. The predicted octanol–water partition coefficient (Wildman–Crippen LogP) is 2.61. The molecule has 10 nitrogen and oxygen atoms in total. The molecule has 0 bridgehead atoms. The van der Waals surface area contributed by atoms with Gasteiger partial charge in [0, 0.05) is 17.7 Å². The Kier molecular flexibility index (Phi) is 8.67. The lowest BCUT2D eigenvalue weighted by molar-refractivity contribution is -0.122. The Bertz CT molecular complexity index is 1180. The molecule has 4 rings (SSSR count). The zero-order chi connectivity index (χ0) is 25.8. The van der Waals surface area contributed by atoms with E-state index < -0.39 is 30.1 Å². The second kappa shape index (κ2) is 11.7. The van der Waals surface area contributed by atoms with Crippen LogP contribution in [0.1, 0.15) is 50.8 Å². The highest BCUT2D eigenvalue weighted by atomic mass is 32.2. The molecule has 3 aromatic rings. The number of rotatable bonds is 13. The van der Waals surface area contributed by atoms with Crippen molar-refractivity contribution >= 4 is 28.7 Å². The van der Waals surface area contributed by atoms with Crippen LogP contribution in [0.4, 0.5) is 14.6 Å². The summed E-state index contributed by atoms with van der Waals surface area (Å²) in [5, 5.41) is 42.6. The molecule has 0 unspecified atom stereocenters. The normalized spacial score (nSPS) is 19.9. The first kappa shape index (κ1) is 26.6. The monoisotopic (exact) mass is 524 g/mol. The van der Waals surface area contributed by atoms with Gasteiger partial charge < -0.3 is 25.4 Å². The van der Waals surface area contributed by atoms with Crippen molar-refractivity contribution in [3.63, 3.8) is 0 Å². The summed E-state index contributed by atoms with van der Waals surface area (Å²) < 4.78 is 33.6. The smallest absolute Gasteiger partial charge is 0.191 e. The van der Waals surface area contributed by atoms with Gasteiger partial charge in [0.25, 0.3) is 0 Å². The summed E-state index contributed by atoms with van der Waals surface area (Å²) in [6, 6.07) is 3.82. The minimum Gasteiger partial charge on any atom is -0.394 e. The number of aliphatic hydroxyl groups is 3. The zero-order valence-corrected chi connectivity index (χ0v) is 20.8. The number of anilines is 1. The summed E-state index contributed by atoms with van der Waals surface area (Å²) in [5.41, 5.74) is 1.23. The van der Waals surface area contributed by atoms with Crippen LogP contribution in [-0.2, 0) is 4.74 Å². The number of nitrogens with one attached hydrogen (secondary N) is 1. The second-order valence-corrected chi connectivity index (χ2v) is 9.68. The highest BCUT2D eigenvalue weighted by Gasteiger charge is 2.40. The fraction of sp³-hybridized carbons (Fsp3) is 0.565. The van der Waals surface area contributed by atoms with Crippen molar-refractivity contribution in [1.29, 1.82) is 0 Å². The zero-order valence-electron chi connectivity index (χ0n) is 20.0. The molecule has 0 aliphatic heterocycles. The fourth-order valence-corrected chi connectivity index (χ4v) is 4.68. The molecular formula is C23H30F2N6O4S. The summed E-state index contributed by atoms with van der Waals surface area (Å²) in [5.74, 6) is -0.613. The lowest BCUT2D eigenvalue weighted by Crippen LogP contribution is -2.37. The molecule has 36 heavy (non-hydrogen) atoms. The van der Waals surface area contributed by atoms with Crippen LogP contribution in [-0.4, -0.2) is 77.5 Å². The van der Waals surface area contributed by atoms with Crippen LogP contribution in [0.5, 0.6) is 0 Å². The Balaban J connectivity index is 1.60. The number of hydrogen-bond acceptors (Lipinski definition) is 10. The third-order valence-electron chi connectivity index (χ3n) is 5.99. The van der Waals surface area contributed by atoms with Gasteiger partial charge in [-0.05, 0) is 37.0 Å². The SMILES string of the molecule is CCCSc1nc(N[C@@H]2C[C@H]2c2ccc(F)c(F)c2)c2nnn([C@H](O)[C@H](O)[C@H](CC)OCCO)c2n1. The van der Waals surface area contributed by atoms with Crippen LogP contribution in [0.2, 0.25) is 0 Å². The summed E-state index contributed by atoms with van der Waals surface area (Å²) in [6.45, 7) is 3.64. The van der Waals surface area contributed by atoms with Crippen molar-refractivity contribution in [1.82, 2.24) is 25.0 Å². The van der Waals surface area contributed by atoms with E-state index in [-0.39, 0.29) is 30.8 Å². The van der Waals surface area contributed by atoms with Gasteiger partial charge in [0.2, 0.25) is 0 Å². The van der Waals surface area contributed by atoms with Crippen LogP contribution < -0.4 is 5.32 Å². The van der Waals surface area contributed by atoms with E-state index >= 15 is 0 Å². The minimum atomic E-state index is -1.50. The Morgan fingerprint density at radius 2 is 2.03 bits per heavy atom. The van der Waals surface area contributed by atoms with Gasteiger partial charge in [0.15, 0.2) is 40.0 Å². The number of ether oxygens (including phenoxy) is 1. The van der Waals surface area contributed by atoms with E-state index in [9.17, 15) is 19.0 Å². The van der Waals surface area contributed by atoms with Crippen molar-refractivity contribution in [2.45, 2.75) is 68.7 Å². The van der Waals surface area contributed by atoms with E-state index in [0.717, 1.165) is 22.9 Å².